The Hall–Kier alpha value is -0.380. The molecule has 0 aromatic rings. The fraction of sp³-hybridized carbons (Fsp3) is 0.947. The first-order valence-electron chi connectivity index (χ1n) is 10.1. The second kappa shape index (κ2) is 8.97. The van der Waals surface area contributed by atoms with Gasteiger partial charge in [-0.05, 0) is 44.9 Å². The van der Waals surface area contributed by atoms with Crippen LogP contribution >= 0.6 is 11.8 Å². The van der Waals surface area contributed by atoms with Gasteiger partial charge in [0.2, 0.25) is 5.91 Å². The lowest BCUT2D eigenvalue weighted by atomic mass is 9.93. The molecule has 0 aromatic heterocycles. The summed E-state index contributed by atoms with van der Waals surface area (Å²) in [7, 11) is 2.01. The van der Waals surface area contributed by atoms with Crippen LogP contribution in [0.5, 0.6) is 0 Å². The van der Waals surface area contributed by atoms with Crippen LogP contribution < -0.4 is 0 Å². The topological polar surface area (TPSA) is 93.5 Å². The SMILES string of the molecule is CCC[C@@H]1C[C@@H](C(=O)N2CCC[C@@H]2[C@H]2OC(SC)[C@H](O)[C@H](O)C2O)N(C)C1. The molecule has 7 nitrogen and oxygen atoms in total. The monoisotopic (exact) mass is 402 g/mol. The summed E-state index contributed by atoms with van der Waals surface area (Å²) in [6.45, 7) is 3.78. The molecule has 0 bridgehead atoms. The molecule has 3 saturated heterocycles. The fourth-order valence-corrected chi connectivity index (χ4v) is 5.68. The van der Waals surface area contributed by atoms with E-state index in [2.05, 4.69) is 11.8 Å². The average molecular weight is 403 g/mol. The zero-order valence-corrected chi connectivity index (χ0v) is 17.3. The van der Waals surface area contributed by atoms with Crippen LogP contribution in [-0.2, 0) is 9.53 Å². The highest BCUT2D eigenvalue weighted by Crippen LogP contribution is 2.35. The maximum Gasteiger partial charge on any atom is 0.240 e. The molecule has 3 N–H and O–H groups in total. The number of carbonyl (C=O) groups excluding carboxylic acids is 1. The molecule has 0 radical (unpaired) electrons. The maximum absolute atomic E-state index is 13.3. The van der Waals surface area contributed by atoms with Gasteiger partial charge in [0.1, 0.15) is 29.9 Å². The minimum Gasteiger partial charge on any atom is -0.388 e. The van der Waals surface area contributed by atoms with Gasteiger partial charge in [0, 0.05) is 13.1 Å². The van der Waals surface area contributed by atoms with E-state index in [0.717, 1.165) is 38.6 Å². The molecule has 2 unspecified atom stereocenters. The number of likely N-dealkylation sites (tertiary alicyclic amines) is 2. The summed E-state index contributed by atoms with van der Waals surface area (Å²) < 4.78 is 5.94. The Morgan fingerprint density at radius 1 is 1.22 bits per heavy atom. The first-order valence-corrected chi connectivity index (χ1v) is 11.4. The van der Waals surface area contributed by atoms with Crippen molar-refractivity contribution in [2.24, 2.45) is 5.92 Å². The summed E-state index contributed by atoms with van der Waals surface area (Å²) in [5, 5.41) is 30.9. The molecule has 0 saturated carbocycles. The molecule has 3 aliphatic heterocycles. The lowest BCUT2D eigenvalue weighted by Crippen LogP contribution is -2.62. The Bertz CT molecular complexity index is 522. The van der Waals surface area contributed by atoms with Gasteiger partial charge in [-0.25, -0.2) is 0 Å². The Morgan fingerprint density at radius 2 is 1.96 bits per heavy atom. The molecule has 156 valence electrons. The molecule has 3 fully saturated rings. The van der Waals surface area contributed by atoms with Crippen molar-refractivity contribution in [1.29, 1.82) is 0 Å². The highest BCUT2D eigenvalue weighted by Gasteiger charge is 2.50. The smallest absolute Gasteiger partial charge is 0.240 e. The number of hydrogen-bond donors (Lipinski definition) is 3. The molecule has 8 heteroatoms. The number of likely N-dealkylation sites (N-methyl/N-ethyl adjacent to an activating group) is 1. The van der Waals surface area contributed by atoms with Crippen molar-refractivity contribution in [3.05, 3.63) is 0 Å². The van der Waals surface area contributed by atoms with Gasteiger partial charge in [-0.3, -0.25) is 9.69 Å². The summed E-state index contributed by atoms with van der Waals surface area (Å²) in [5.41, 5.74) is -0.603. The van der Waals surface area contributed by atoms with Crippen LogP contribution in [0.2, 0.25) is 0 Å². The lowest BCUT2D eigenvalue weighted by molar-refractivity contribution is -0.211. The van der Waals surface area contributed by atoms with Crippen molar-refractivity contribution >= 4 is 17.7 Å². The van der Waals surface area contributed by atoms with E-state index in [0.29, 0.717) is 12.5 Å². The van der Waals surface area contributed by atoms with Gasteiger partial charge in [-0.1, -0.05) is 13.3 Å². The number of rotatable bonds is 5. The van der Waals surface area contributed by atoms with E-state index in [9.17, 15) is 20.1 Å². The number of hydrogen-bond acceptors (Lipinski definition) is 7. The van der Waals surface area contributed by atoms with Crippen LogP contribution in [0.3, 0.4) is 0 Å². The van der Waals surface area contributed by atoms with Crippen LogP contribution in [0.25, 0.3) is 0 Å². The van der Waals surface area contributed by atoms with Gasteiger partial charge in [0.15, 0.2) is 0 Å². The average Bonchev–Trinajstić information content (AvgIpc) is 3.27. The van der Waals surface area contributed by atoms with Crippen molar-refractivity contribution in [1.82, 2.24) is 9.80 Å². The van der Waals surface area contributed by atoms with E-state index in [1.807, 2.05) is 11.9 Å². The molecule has 0 aliphatic carbocycles. The van der Waals surface area contributed by atoms with Gasteiger partial charge in [0.25, 0.3) is 0 Å². The molecule has 0 aromatic carbocycles. The number of aliphatic hydroxyl groups excluding tert-OH is 3. The number of amides is 1. The quantitative estimate of drug-likeness (QED) is 0.608. The van der Waals surface area contributed by atoms with Gasteiger partial charge >= 0.3 is 0 Å². The van der Waals surface area contributed by atoms with Crippen molar-refractivity contribution in [3.63, 3.8) is 0 Å². The van der Waals surface area contributed by atoms with Crippen LogP contribution in [0.1, 0.15) is 39.0 Å². The van der Waals surface area contributed by atoms with E-state index >= 15 is 0 Å². The van der Waals surface area contributed by atoms with Crippen LogP contribution in [0.4, 0.5) is 0 Å². The van der Waals surface area contributed by atoms with Gasteiger partial charge in [-0.15, -0.1) is 11.8 Å². The highest BCUT2D eigenvalue weighted by atomic mass is 32.2. The fourth-order valence-electron chi connectivity index (χ4n) is 5.00. The third-order valence-electron chi connectivity index (χ3n) is 6.42. The minimum atomic E-state index is -1.26. The van der Waals surface area contributed by atoms with Gasteiger partial charge in [-0.2, -0.15) is 0 Å². The van der Waals surface area contributed by atoms with Crippen molar-refractivity contribution < 1.29 is 24.9 Å². The van der Waals surface area contributed by atoms with Crippen molar-refractivity contribution in [2.75, 3.05) is 26.4 Å². The molecule has 3 aliphatic rings. The highest BCUT2D eigenvalue weighted by molar-refractivity contribution is 7.99. The second-order valence-corrected chi connectivity index (χ2v) is 9.20. The molecule has 3 rings (SSSR count). The maximum atomic E-state index is 13.3. The Labute approximate surface area is 166 Å². The second-order valence-electron chi connectivity index (χ2n) is 8.26. The van der Waals surface area contributed by atoms with Crippen LogP contribution in [0.15, 0.2) is 0 Å². The van der Waals surface area contributed by atoms with Crippen molar-refractivity contribution in [2.45, 2.75) is 81.0 Å². The summed E-state index contributed by atoms with van der Waals surface area (Å²) in [6, 6.07) is -0.377. The summed E-state index contributed by atoms with van der Waals surface area (Å²) in [5.74, 6) is 0.667. The Kier molecular flexibility index (Phi) is 7.08. The number of carbonyl (C=O) groups is 1. The minimum absolute atomic E-state index is 0.107. The summed E-state index contributed by atoms with van der Waals surface area (Å²) in [4.78, 5) is 17.3. The van der Waals surface area contributed by atoms with Gasteiger partial charge in [0.05, 0.1) is 12.1 Å². The predicted molar refractivity (Wildman–Crippen MR) is 104 cm³/mol. The zero-order valence-electron chi connectivity index (χ0n) is 16.5. The number of aliphatic hydroxyl groups is 3. The largest absolute Gasteiger partial charge is 0.388 e. The lowest BCUT2D eigenvalue weighted by Gasteiger charge is -2.44. The third-order valence-corrected chi connectivity index (χ3v) is 7.27. The Balaban J connectivity index is 1.72. The molecule has 3 heterocycles. The molecule has 27 heavy (non-hydrogen) atoms. The number of nitrogens with zero attached hydrogens (tertiary/aromatic N) is 2. The third kappa shape index (κ3) is 4.16. The molecular formula is C19H34N2O5S. The van der Waals surface area contributed by atoms with E-state index in [-0.39, 0.29) is 18.0 Å². The first-order chi connectivity index (χ1) is 12.9. The van der Waals surface area contributed by atoms with E-state index in [1.54, 1.807) is 6.26 Å². The number of thioether (sulfide) groups is 1. The summed E-state index contributed by atoms with van der Waals surface area (Å²) in [6.07, 6.45) is 2.29. The first kappa shape index (κ1) is 21.3. The van der Waals surface area contributed by atoms with E-state index in [4.69, 9.17) is 4.74 Å². The normalized spacial score (nSPS) is 43.4. The van der Waals surface area contributed by atoms with E-state index in [1.165, 1.54) is 11.8 Å². The zero-order chi connectivity index (χ0) is 19.7. The Morgan fingerprint density at radius 3 is 2.63 bits per heavy atom. The van der Waals surface area contributed by atoms with Crippen LogP contribution in [-0.4, -0.2) is 99.4 Å². The van der Waals surface area contributed by atoms with Gasteiger partial charge < -0.3 is 25.0 Å². The number of ether oxygens (including phenoxy) is 1. The molecule has 1 amide bonds. The predicted octanol–water partition coefficient (Wildman–Crippen LogP) is 0.268. The van der Waals surface area contributed by atoms with Crippen LogP contribution in [0, 0.1) is 5.92 Å². The molecular weight excluding hydrogens is 368 g/mol. The van der Waals surface area contributed by atoms with Crippen molar-refractivity contribution in [3.8, 4) is 0 Å². The molecule has 8 atom stereocenters. The standard InChI is InChI=1S/C19H34N2O5S/c1-4-6-11-9-13(20(2)10-11)18(25)21-8-5-7-12(21)17-15(23)14(22)16(24)19(26-17)27-3/h11-17,19,22-24H,4-10H2,1-3H3/t11-,12-,13+,14-,15?,16-,17-,19?/m1/s1. The molecule has 0 spiro atoms. The van der Waals surface area contributed by atoms with E-state index < -0.39 is 29.9 Å². The summed E-state index contributed by atoms with van der Waals surface area (Å²) >= 11 is 1.31.